The second-order valence-corrected chi connectivity index (χ2v) is 9.67. The van der Waals surface area contributed by atoms with E-state index in [0.29, 0.717) is 13.1 Å². The molecule has 172 valence electrons. The molecule has 1 heterocycles. The highest BCUT2D eigenvalue weighted by molar-refractivity contribution is 7.89. The summed E-state index contributed by atoms with van der Waals surface area (Å²) in [6, 6.07) is 12.5. The van der Waals surface area contributed by atoms with Crippen molar-refractivity contribution in [1.29, 1.82) is 0 Å². The average Bonchev–Trinajstić information content (AvgIpc) is 2.75. The smallest absolute Gasteiger partial charge is 0.307 e. The van der Waals surface area contributed by atoms with Crippen LogP contribution in [0, 0.1) is 17.0 Å². The minimum absolute atomic E-state index is 0.00540. The number of ether oxygens (including phenoxy) is 1. The van der Waals surface area contributed by atoms with E-state index < -0.39 is 14.9 Å². The Hall–Kier alpha value is -2.82. The van der Waals surface area contributed by atoms with Gasteiger partial charge < -0.3 is 4.74 Å². The van der Waals surface area contributed by atoms with Crippen LogP contribution in [0.15, 0.2) is 53.4 Å². The fourth-order valence-electron chi connectivity index (χ4n) is 3.71. The van der Waals surface area contributed by atoms with E-state index in [4.69, 9.17) is 4.74 Å². The van der Waals surface area contributed by atoms with Crippen molar-refractivity contribution in [2.45, 2.75) is 37.8 Å². The standard InChI is InChI=1S/C22H27N3O6S/c1-3-31-22(26)14-20-16-24(32(29,30)21-10-4-17(2)5-11-21)13-12-23(20)15-18-6-8-19(9-7-18)25(27)28/h4-11,20H,3,12-16H2,1-2H3. The van der Waals surface area contributed by atoms with Gasteiger partial charge in [-0.1, -0.05) is 29.8 Å². The van der Waals surface area contributed by atoms with Gasteiger partial charge in [0.1, 0.15) is 0 Å². The van der Waals surface area contributed by atoms with Gasteiger partial charge in [0.25, 0.3) is 5.69 Å². The highest BCUT2D eigenvalue weighted by Gasteiger charge is 2.35. The summed E-state index contributed by atoms with van der Waals surface area (Å²) in [6.45, 7) is 5.17. The topological polar surface area (TPSA) is 110 Å². The molecule has 0 saturated carbocycles. The first-order valence-corrected chi connectivity index (χ1v) is 11.8. The summed E-state index contributed by atoms with van der Waals surface area (Å²) in [6.07, 6.45) is 0.0563. The van der Waals surface area contributed by atoms with Crippen LogP contribution in [0.5, 0.6) is 0 Å². The number of esters is 1. The Morgan fingerprint density at radius 1 is 1.12 bits per heavy atom. The number of carbonyl (C=O) groups excluding carboxylic acids is 1. The first-order chi connectivity index (χ1) is 15.2. The number of hydrogen-bond donors (Lipinski definition) is 0. The van der Waals surface area contributed by atoms with Gasteiger partial charge in [-0.3, -0.25) is 19.8 Å². The predicted octanol–water partition coefficient (Wildman–Crippen LogP) is 2.73. The summed E-state index contributed by atoms with van der Waals surface area (Å²) < 4.78 is 32.8. The molecule has 0 amide bonds. The third kappa shape index (κ3) is 5.70. The zero-order chi connectivity index (χ0) is 23.3. The molecular formula is C22H27N3O6S. The SMILES string of the molecule is CCOC(=O)CC1CN(S(=O)(=O)c2ccc(C)cc2)CCN1Cc1ccc([N+](=O)[O-])cc1. The van der Waals surface area contributed by atoms with Crippen molar-refractivity contribution in [3.63, 3.8) is 0 Å². The summed E-state index contributed by atoms with van der Waals surface area (Å²) in [7, 11) is -3.69. The highest BCUT2D eigenvalue weighted by atomic mass is 32.2. The fourth-order valence-corrected chi connectivity index (χ4v) is 5.18. The molecule has 1 aliphatic heterocycles. The lowest BCUT2D eigenvalue weighted by molar-refractivity contribution is -0.384. The molecular weight excluding hydrogens is 434 g/mol. The molecule has 10 heteroatoms. The van der Waals surface area contributed by atoms with Crippen LogP contribution < -0.4 is 0 Å². The van der Waals surface area contributed by atoms with E-state index in [-0.39, 0.29) is 48.7 Å². The zero-order valence-corrected chi connectivity index (χ0v) is 19.0. The second-order valence-electron chi connectivity index (χ2n) is 7.73. The first kappa shape index (κ1) is 23.8. The molecule has 0 aromatic heterocycles. The minimum Gasteiger partial charge on any atom is -0.466 e. The Labute approximate surface area is 187 Å². The Bertz CT molecular complexity index is 1050. The van der Waals surface area contributed by atoms with Crippen LogP contribution in [0.3, 0.4) is 0 Å². The van der Waals surface area contributed by atoms with Gasteiger partial charge in [0.05, 0.1) is 22.8 Å². The van der Waals surface area contributed by atoms with Crippen molar-refractivity contribution in [2.75, 3.05) is 26.2 Å². The lowest BCUT2D eigenvalue weighted by Crippen LogP contribution is -2.54. The highest BCUT2D eigenvalue weighted by Crippen LogP contribution is 2.24. The van der Waals surface area contributed by atoms with Crippen LogP contribution in [-0.2, 0) is 26.1 Å². The molecule has 2 aromatic carbocycles. The molecule has 1 saturated heterocycles. The van der Waals surface area contributed by atoms with E-state index in [1.807, 2.05) is 11.8 Å². The van der Waals surface area contributed by atoms with Crippen LogP contribution in [0.4, 0.5) is 5.69 Å². The van der Waals surface area contributed by atoms with Crippen LogP contribution in [0.2, 0.25) is 0 Å². The number of hydrogen-bond acceptors (Lipinski definition) is 7. The Morgan fingerprint density at radius 3 is 2.38 bits per heavy atom. The third-order valence-electron chi connectivity index (χ3n) is 5.47. The molecule has 1 aliphatic rings. The largest absolute Gasteiger partial charge is 0.466 e. The lowest BCUT2D eigenvalue weighted by Gasteiger charge is -2.40. The van der Waals surface area contributed by atoms with Crippen molar-refractivity contribution in [1.82, 2.24) is 9.21 Å². The molecule has 0 bridgehead atoms. The molecule has 32 heavy (non-hydrogen) atoms. The van der Waals surface area contributed by atoms with Crippen molar-refractivity contribution in [3.05, 3.63) is 69.8 Å². The number of nitrogens with zero attached hydrogens (tertiary/aromatic N) is 3. The Kier molecular flexibility index (Phi) is 7.60. The maximum atomic E-state index is 13.1. The van der Waals surface area contributed by atoms with E-state index in [1.54, 1.807) is 43.3 Å². The van der Waals surface area contributed by atoms with Gasteiger partial charge >= 0.3 is 5.97 Å². The van der Waals surface area contributed by atoms with Gasteiger partial charge in [-0.15, -0.1) is 0 Å². The normalized spacial score (nSPS) is 17.8. The third-order valence-corrected chi connectivity index (χ3v) is 7.35. The van der Waals surface area contributed by atoms with Gasteiger partial charge in [-0.2, -0.15) is 4.31 Å². The van der Waals surface area contributed by atoms with E-state index in [1.165, 1.54) is 16.4 Å². The van der Waals surface area contributed by atoms with Crippen molar-refractivity contribution in [2.24, 2.45) is 0 Å². The molecule has 0 radical (unpaired) electrons. The summed E-state index contributed by atoms with van der Waals surface area (Å²) in [5.74, 6) is -0.388. The number of non-ortho nitro benzene ring substituents is 1. The molecule has 0 spiro atoms. The summed E-state index contributed by atoms with van der Waals surface area (Å²) in [5.41, 5.74) is 1.82. The molecule has 3 rings (SSSR count). The van der Waals surface area contributed by atoms with Crippen molar-refractivity contribution < 1.29 is 22.9 Å². The number of nitro groups is 1. The Balaban J connectivity index is 1.79. The number of piperazine rings is 1. The quantitative estimate of drug-likeness (QED) is 0.338. The van der Waals surface area contributed by atoms with Gasteiger partial charge in [0, 0.05) is 44.4 Å². The maximum Gasteiger partial charge on any atom is 0.307 e. The van der Waals surface area contributed by atoms with Gasteiger partial charge in [-0.05, 0) is 31.5 Å². The van der Waals surface area contributed by atoms with E-state index in [2.05, 4.69) is 0 Å². The monoisotopic (exact) mass is 461 g/mol. The van der Waals surface area contributed by atoms with Gasteiger partial charge in [0.15, 0.2) is 0 Å². The molecule has 1 atom stereocenters. The average molecular weight is 462 g/mol. The van der Waals surface area contributed by atoms with E-state index in [0.717, 1.165) is 11.1 Å². The first-order valence-electron chi connectivity index (χ1n) is 10.4. The molecule has 2 aromatic rings. The summed E-state index contributed by atoms with van der Waals surface area (Å²) >= 11 is 0. The van der Waals surface area contributed by atoms with Gasteiger partial charge in [-0.25, -0.2) is 8.42 Å². The number of rotatable bonds is 8. The predicted molar refractivity (Wildman–Crippen MR) is 118 cm³/mol. The Morgan fingerprint density at radius 2 is 1.78 bits per heavy atom. The number of carbonyl (C=O) groups is 1. The van der Waals surface area contributed by atoms with E-state index >= 15 is 0 Å². The molecule has 0 aliphatic carbocycles. The molecule has 1 unspecified atom stereocenters. The number of aryl methyl sites for hydroxylation is 1. The fraction of sp³-hybridized carbons (Fsp3) is 0.409. The minimum atomic E-state index is -3.69. The zero-order valence-electron chi connectivity index (χ0n) is 18.1. The van der Waals surface area contributed by atoms with Gasteiger partial charge in [0.2, 0.25) is 10.0 Å². The number of benzene rings is 2. The van der Waals surface area contributed by atoms with Crippen LogP contribution in [0.1, 0.15) is 24.5 Å². The maximum absolute atomic E-state index is 13.1. The molecule has 0 N–H and O–H groups in total. The molecule has 1 fully saturated rings. The number of nitro benzene ring substituents is 1. The van der Waals surface area contributed by atoms with E-state index in [9.17, 15) is 23.3 Å². The molecule has 9 nitrogen and oxygen atoms in total. The second kappa shape index (κ2) is 10.2. The lowest BCUT2D eigenvalue weighted by atomic mass is 10.1. The van der Waals surface area contributed by atoms with Crippen molar-refractivity contribution >= 4 is 21.7 Å². The summed E-state index contributed by atoms with van der Waals surface area (Å²) in [5, 5.41) is 10.9. The summed E-state index contributed by atoms with van der Waals surface area (Å²) in [4.78, 5) is 24.9. The van der Waals surface area contributed by atoms with Crippen molar-refractivity contribution in [3.8, 4) is 0 Å². The van der Waals surface area contributed by atoms with Crippen LogP contribution in [-0.4, -0.2) is 60.8 Å². The van der Waals surface area contributed by atoms with Crippen LogP contribution >= 0.6 is 0 Å². The van der Waals surface area contributed by atoms with Crippen LogP contribution in [0.25, 0.3) is 0 Å². The number of sulfonamides is 1.